The van der Waals surface area contributed by atoms with Crippen molar-refractivity contribution in [3.05, 3.63) is 76.5 Å². The second-order valence-electron chi connectivity index (χ2n) is 9.13. The van der Waals surface area contributed by atoms with E-state index in [-0.39, 0.29) is 29.4 Å². The number of amides is 1. The second kappa shape index (κ2) is 10.8. The Kier molecular flexibility index (Phi) is 7.55. The van der Waals surface area contributed by atoms with Crippen LogP contribution in [0, 0.1) is 0 Å². The number of fused-ring (bicyclic) bond motifs is 2. The highest BCUT2D eigenvalue weighted by Crippen LogP contribution is 2.48. The van der Waals surface area contributed by atoms with E-state index in [9.17, 15) is 26.4 Å². The van der Waals surface area contributed by atoms with Gasteiger partial charge in [-0.25, -0.2) is 9.97 Å². The van der Waals surface area contributed by atoms with Crippen LogP contribution in [0.4, 0.5) is 18.9 Å². The molecule has 14 heteroatoms. The van der Waals surface area contributed by atoms with Crippen LogP contribution in [0.1, 0.15) is 35.2 Å². The van der Waals surface area contributed by atoms with Crippen molar-refractivity contribution in [3.8, 4) is 22.3 Å². The summed E-state index contributed by atoms with van der Waals surface area (Å²) in [7, 11) is -4.19. The third-order valence-corrected chi connectivity index (χ3v) is 8.46. The lowest BCUT2D eigenvalue weighted by Gasteiger charge is -2.16. The number of rotatable bonds is 8. The normalized spacial score (nSPS) is 12.2. The fourth-order valence-electron chi connectivity index (χ4n) is 4.68. The number of benzene rings is 1. The third-order valence-electron chi connectivity index (χ3n) is 6.54. The molecule has 41 heavy (non-hydrogen) atoms. The predicted molar refractivity (Wildman–Crippen MR) is 151 cm³/mol. The number of carbonyl (C=O) groups excluding carboxylic acids is 1. The van der Waals surface area contributed by atoms with Gasteiger partial charge in [0, 0.05) is 34.6 Å². The summed E-state index contributed by atoms with van der Waals surface area (Å²) in [6, 6.07) is 10.9. The minimum absolute atomic E-state index is 0.165. The molecule has 0 spiro atoms. The second-order valence-corrected chi connectivity index (χ2v) is 11.6. The van der Waals surface area contributed by atoms with Gasteiger partial charge < -0.3 is 14.3 Å². The number of nitrogens with one attached hydrogen (secondary N) is 2. The van der Waals surface area contributed by atoms with Crippen LogP contribution in [0.25, 0.3) is 33.4 Å². The number of para-hydroxylation sites is 1. The van der Waals surface area contributed by atoms with E-state index in [2.05, 4.69) is 26.2 Å². The van der Waals surface area contributed by atoms with Crippen molar-refractivity contribution in [2.45, 2.75) is 31.8 Å². The monoisotopic (exact) mass is 649 g/mol. The average molecular weight is 650 g/mol. The summed E-state index contributed by atoms with van der Waals surface area (Å²) in [5.74, 6) is 0.332. The maximum Gasteiger partial charge on any atom is 0.516 e. The van der Waals surface area contributed by atoms with Gasteiger partial charge in [-0.15, -0.1) is 0 Å². The molecular weight excluding hydrogens is 627 g/mol. The summed E-state index contributed by atoms with van der Waals surface area (Å²) < 4.78 is 73.5. The molecule has 2 N–H and O–H groups in total. The molecule has 9 nitrogen and oxygen atoms in total. The van der Waals surface area contributed by atoms with Gasteiger partial charge >= 0.3 is 15.5 Å². The molecule has 0 saturated heterocycles. The van der Waals surface area contributed by atoms with Crippen LogP contribution in [-0.2, 0) is 23.0 Å². The molecule has 1 aliphatic carbocycles. The highest BCUT2D eigenvalue weighted by molar-refractivity contribution is 9.10. The van der Waals surface area contributed by atoms with Gasteiger partial charge in [-0.05, 0) is 57.7 Å². The molecule has 2 aromatic heterocycles. The van der Waals surface area contributed by atoms with Gasteiger partial charge in [0.05, 0.1) is 24.8 Å². The van der Waals surface area contributed by atoms with E-state index in [4.69, 9.17) is 9.40 Å². The van der Waals surface area contributed by atoms with Crippen molar-refractivity contribution < 1.29 is 30.8 Å². The summed E-state index contributed by atoms with van der Waals surface area (Å²) >= 11 is 3.58. The molecule has 1 amide bonds. The molecule has 1 aromatic carbocycles. The minimum Gasteiger partial charge on any atom is -0.472 e. The Bertz CT molecular complexity index is 1850. The highest BCUT2D eigenvalue weighted by atomic mass is 79.9. The van der Waals surface area contributed by atoms with Gasteiger partial charge in [0.25, 0.3) is 5.91 Å². The molecule has 2 aliphatic rings. The molecule has 0 atom stereocenters. The number of aryl methyl sites for hydroxylation is 1. The summed E-state index contributed by atoms with van der Waals surface area (Å²) in [5.41, 5.74) is -1.83. The van der Waals surface area contributed by atoms with Crippen LogP contribution < -0.4 is 10.0 Å². The average Bonchev–Trinajstić information content (AvgIpc) is 3.42. The molecule has 3 heterocycles. The van der Waals surface area contributed by atoms with Gasteiger partial charge in [-0.3, -0.25) is 9.52 Å². The van der Waals surface area contributed by atoms with Crippen LogP contribution in [0.15, 0.2) is 63.9 Å². The van der Waals surface area contributed by atoms with Crippen molar-refractivity contribution in [3.63, 3.8) is 0 Å². The molecule has 0 saturated carbocycles. The van der Waals surface area contributed by atoms with Gasteiger partial charge in [0.1, 0.15) is 17.0 Å². The Morgan fingerprint density at radius 1 is 1.07 bits per heavy atom. The van der Waals surface area contributed by atoms with E-state index in [0.29, 0.717) is 44.6 Å². The van der Waals surface area contributed by atoms with E-state index >= 15 is 0 Å². The number of hydrogen-bond donors (Lipinski definition) is 2. The maximum atomic E-state index is 13.3. The van der Waals surface area contributed by atoms with Crippen molar-refractivity contribution in [1.29, 1.82) is 0 Å². The lowest BCUT2D eigenvalue weighted by Crippen LogP contribution is -2.30. The van der Waals surface area contributed by atoms with Crippen LogP contribution in [0.3, 0.4) is 0 Å². The first-order valence-electron chi connectivity index (χ1n) is 12.4. The zero-order valence-corrected chi connectivity index (χ0v) is 24.1. The molecule has 0 radical (unpaired) electrons. The fraction of sp³-hybridized carbons (Fsp3) is 0.222. The first-order chi connectivity index (χ1) is 19.5. The summed E-state index contributed by atoms with van der Waals surface area (Å²) in [6.45, 7) is 2.16. The number of carbonyl (C=O) groups is 1. The lowest BCUT2D eigenvalue weighted by molar-refractivity contribution is -0.0429. The standard InChI is InChI=1S/C27H23BrF3N5O4S/c1-3-6-22-33-20-9-10-21(26(37)32-2)34-25(20)36(22)13-17-15-11-12-40-14-18(15)24(28)23(17)16-7-4-5-8-19(16)35-41(38,39)27(29,30)31/h4-5,7-12,14,35H,3,6,13H2,1-2H3,(H,32,37). The Hall–Kier alpha value is -3.91. The lowest BCUT2D eigenvalue weighted by atomic mass is 10.0. The Morgan fingerprint density at radius 2 is 1.83 bits per heavy atom. The number of imidazole rings is 1. The van der Waals surface area contributed by atoms with Gasteiger partial charge in [0.2, 0.25) is 0 Å². The molecule has 0 unspecified atom stereocenters. The van der Waals surface area contributed by atoms with Crippen molar-refractivity contribution in [2.75, 3.05) is 11.8 Å². The molecule has 5 rings (SSSR count). The van der Waals surface area contributed by atoms with Gasteiger partial charge in [0.15, 0.2) is 5.65 Å². The number of aromatic nitrogens is 3. The van der Waals surface area contributed by atoms with Gasteiger partial charge in [-0.2, -0.15) is 21.6 Å². The number of alkyl halides is 3. The molecule has 0 fully saturated rings. The number of anilines is 1. The highest BCUT2D eigenvalue weighted by Gasteiger charge is 2.46. The van der Waals surface area contributed by atoms with Crippen molar-refractivity contribution >= 4 is 48.7 Å². The number of sulfonamides is 1. The van der Waals surface area contributed by atoms with E-state index in [1.807, 2.05) is 11.5 Å². The van der Waals surface area contributed by atoms with E-state index in [1.54, 1.807) is 29.0 Å². The van der Waals surface area contributed by atoms with Crippen molar-refractivity contribution in [1.82, 2.24) is 19.9 Å². The zero-order valence-electron chi connectivity index (χ0n) is 21.7. The fourth-order valence-corrected chi connectivity index (χ4v) is 6.03. The largest absolute Gasteiger partial charge is 0.516 e. The van der Waals surface area contributed by atoms with Gasteiger partial charge in [-0.1, -0.05) is 25.1 Å². The summed E-state index contributed by atoms with van der Waals surface area (Å²) in [5, 5.41) is 2.56. The maximum absolute atomic E-state index is 13.3. The first kappa shape index (κ1) is 28.6. The number of hydrogen-bond acceptors (Lipinski definition) is 6. The third kappa shape index (κ3) is 5.17. The van der Waals surface area contributed by atoms with Crippen LogP contribution in [0.2, 0.25) is 0 Å². The predicted octanol–water partition coefficient (Wildman–Crippen LogP) is 6.18. The molecule has 214 valence electrons. The number of pyridine rings is 1. The summed E-state index contributed by atoms with van der Waals surface area (Å²) in [6.07, 6.45) is 4.33. The quantitative estimate of drug-likeness (QED) is 0.207. The Balaban J connectivity index is 1.75. The van der Waals surface area contributed by atoms with E-state index < -0.39 is 15.5 Å². The topological polar surface area (TPSA) is 119 Å². The smallest absolute Gasteiger partial charge is 0.472 e. The Morgan fingerprint density at radius 3 is 2.54 bits per heavy atom. The molecule has 0 bridgehead atoms. The van der Waals surface area contributed by atoms with Crippen LogP contribution >= 0.6 is 15.9 Å². The molecule has 1 aliphatic heterocycles. The number of halogens is 4. The SMILES string of the molecule is CCCc1nc2ccc(C(=O)NC)nc2n1Cc1c2ccocc-2c(Br)c1-c1ccccc1NS(=O)(=O)C(F)(F)F. The van der Waals surface area contributed by atoms with E-state index in [1.165, 1.54) is 37.8 Å². The van der Waals surface area contributed by atoms with Crippen LogP contribution in [0.5, 0.6) is 0 Å². The Labute approximate surface area is 241 Å². The molecule has 3 aromatic rings. The number of nitrogens with zero attached hydrogens (tertiary/aromatic N) is 3. The van der Waals surface area contributed by atoms with Crippen molar-refractivity contribution in [2.24, 2.45) is 0 Å². The van der Waals surface area contributed by atoms with Crippen LogP contribution in [-0.4, -0.2) is 41.4 Å². The first-order valence-corrected chi connectivity index (χ1v) is 14.7. The zero-order chi connectivity index (χ0) is 29.5. The molecular formula is C27H23BrF3N5O4S. The minimum atomic E-state index is -5.69. The summed E-state index contributed by atoms with van der Waals surface area (Å²) in [4.78, 5) is 21.6. The van der Waals surface area contributed by atoms with E-state index in [0.717, 1.165) is 12.0 Å².